The molecule has 0 spiro atoms. The van der Waals surface area contributed by atoms with E-state index in [0.717, 1.165) is 28.6 Å². The van der Waals surface area contributed by atoms with Crippen LogP contribution in [0, 0.1) is 0 Å². The van der Waals surface area contributed by atoms with E-state index in [2.05, 4.69) is 9.97 Å². The van der Waals surface area contributed by atoms with Gasteiger partial charge >= 0.3 is 12.1 Å². The Morgan fingerprint density at radius 3 is 2.10 bits per heavy atom. The Hall–Kier alpha value is -2.86. The van der Waals surface area contributed by atoms with E-state index in [4.69, 9.17) is 14.6 Å². The number of benzene rings is 1. The molecule has 2 unspecified atom stereocenters. The fourth-order valence-corrected chi connectivity index (χ4v) is 4.77. The molecule has 3 heterocycles. The van der Waals surface area contributed by atoms with Crippen LogP contribution >= 0.6 is 0 Å². The molecule has 2 saturated heterocycles. The molecule has 2 aromatic rings. The van der Waals surface area contributed by atoms with Gasteiger partial charge in [0.15, 0.2) is 6.10 Å². The van der Waals surface area contributed by atoms with Crippen LogP contribution in [0.25, 0.3) is 11.0 Å². The highest BCUT2D eigenvalue weighted by Gasteiger charge is 2.49. The molecule has 0 radical (unpaired) electrons. The van der Waals surface area contributed by atoms with Crippen LogP contribution in [-0.2, 0) is 14.3 Å². The average molecular weight is 431 g/mol. The fraction of sp³-hybridized carbons (Fsp3) is 0.500. The van der Waals surface area contributed by atoms with Crippen molar-refractivity contribution in [3.05, 3.63) is 35.7 Å². The number of carbonyl (C=O) groups excluding carboxylic acids is 1. The standard InChI is InChI=1S/C20H21N3O8/c24-14-15(25)17(18(27)28)30-19(16(14)26)31-20(29)23-6-8-3-9(7-23)11-5-13-12(4-10(8)11)21-1-2-22-13/h1-2,4-5,8-9,14-17,19,24-26H,3,6-7H2,(H,27,28)/t8?,9?,14-,15-,16+,17-,19-/m0/s1. The van der Waals surface area contributed by atoms with E-state index in [-0.39, 0.29) is 11.8 Å². The first-order chi connectivity index (χ1) is 14.8. The molecule has 1 aromatic carbocycles. The van der Waals surface area contributed by atoms with E-state index in [1.165, 1.54) is 4.90 Å². The Balaban J connectivity index is 1.32. The van der Waals surface area contributed by atoms with Gasteiger partial charge in [-0.3, -0.25) is 9.97 Å². The summed E-state index contributed by atoms with van der Waals surface area (Å²) in [6.45, 7) is 0.759. The summed E-state index contributed by atoms with van der Waals surface area (Å²) >= 11 is 0. The Bertz CT molecular complexity index is 998. The van der Waals surface area contributed by atoms with Gasteiger partial charge in [0.1, 0.15) is 18.3 Å². The summed E-state index contributed by atoms with van der Waals surface area (Å²) in [5.41, 5.74) is 3.81. The highest BCUT2D eigenvalue weighted by molar-refractivity contribution is 5.78. The third kappa shape index (κ3) is 3.30. The number of carbonyl (C=O) groups is 2. The molecule has 1 amide bonds. The third-order valence-electron chi connectivity index (χ3n) is 6.29. The van der Waals surface area contributed by atoms with Crippen molar-refractivity contribution in [1.82, 2.24) is 14.9 Å². The minimum absolute atomic E-state index is 0.0871. The van der Waals surface area contributed by atoms with Crippen molar-refractivity contribution in [3.63, 3.8) is 0 Å². The fourth-order valence-electron chi connectivity index (χ4n) is 4.77. The van der Waals surface area contributed by atoms with Gasteiger partial charge < -0.3 is 34.8 Å². The number of aliphatic hydroxyl groups excluding tert-OH is 3. The number of piperidine rings is 1. The molecule has 1 aliphatic carbocycles. The van der Waals surface area contributed by atoms with E-state index in [1.54, 1.807) is 12.4 Å². The van der Waals surface area contributed by atoms with Crippen LogP contribution in [0.15, 0.2) is 24.5 Å². The topological polar surface area (TPSA) is 163 Å². The van der Waals surface area contributed by atoms with Gasteiger partial charge in [0.2, 0.25) is 6.29 Å². The van der Waals surface area contributed by atoms with Crippen molar-refractivity contribution in [3.8, 4) is 0 Å². The predicted octanol–water partition coefficient (Wildman–Crippen LogP) is -0.455. The van der Waals surface area contributed by atoms with Crippen molar-refractivity contribution in [2.45, 2.75) is 49.0 Å². The number of hydrogen-bond donors (Lipinski definition) is 4. The summed E-state index contributed by atoms with van der Waals surface area (Å²) in [5.74, 6) is -1.37. The van der Waals surface area contributed by atoms with Gasteiger partial charge in [-0.1, -0.05) is 0 Å². The molecule has 0 saturated carbocycles. The third-order valence-corrected chi connectivity index (χ3v) is 6.29. The van der Waals surface area contributed by atoms with E-state index < -0.39 is 42.8 Å². The lowest BCUT2D eigenvalue weighted by atomic mass is 9.96. The van der Waals surface area contributed by atoms with Crippen LogP contribution in [0.1, 0.15) is 29.4 Å². The molecule has 3 aliphatic rings. The molecular formula is C20H21N3O8. The number of aromatic nitrogens is 2. The molecule has 5 rings (SSSR count). The van der Waals surface area contributed by atoms with Gasteiger partial charge in [0, 0.05) is 37.3 Å². The highest BCUT2D eigenvalue weighted by atomic mass is 16.7. The summed E-state index contributed by atoms with van der Waals surface area (Å²) in [6.07, 6.45) is -5.66. The van der Waals surface area contributed by atoms with Gasteiger partial charge in [-0.25, -0.2) is 9.59 Å². The zero-order chi connectivity index (χ0) is 21.9. The molecule has 11 nitrogen and oxygen atoms in total. The van der Waals surface area contributed by atoms with Crippen LogP contribution < -0.4 is 0 Å². The van der Waals surface area contributed by atoms with Gasteiger partial charge in [-0.05, 0) is 29.7 Å². The molecule has 7 atom stereocenters. The normalized spacial score (nSPS) is 34.4. The lowest BCUT2D eigenvalue weighted by Gasteiger charge is -2.39. The average Bonchev–Trinajstić information content (AvgIpc) is 3.01. The maximum Gasteiger partial charge on any atom is 0.412 e. The summed E-state index contributed by atoms with van der Waals surface area (Å²) in [7, 11) is 0. The second-order valence-electron chi connectivity index (χ2n) is 8.18. The van der Waals surface area contributed by atoms with E-state index >= 15 is 0 Å². The van der Waals surface area contributed by atoms with E-state index in [1.807, 2.05) is 12.1 Å². The molecule has 164 valence electrons. The van der Waals surface area contributed by atoms with Crippen molar-refractivity contribution >= 4 is 23.1 Å². The zero-order valence-corrected chi connectivity index (χ0v) is 16.2. The Labute approximate surface area is 175 Å². The molecule has 2 aliphatic heterocycles. The number of fused-ring (bicyclic) bond motifs is 6. The van der Waals surface area contributed by atoms with E-state index in [0.29, 0.717) is 13.1 Å². The van der Waals surface area contributed by atoms with Gasteiger partial charge in [-0.15, -0.1) is 0 Å². The van der Waals surface area contributed by atoms with Crippen molar-refractivity contribution in [2.75, 3.05) is 13.1 Å². The summed E-state index contributed by atoms with van der Waals surface area (Å²) in [6, 6.07) is 4.00. The molecule has 2 fully saturated rings. The lowest BCUT2D eigenvalue weighted by molar-refractivity contribution is -0.280. The molecule has 11 heteroatoms. The van der Waals surface area contributed by atoms with Crippen LogP contribution in [0.4, 0.5) is 4.79 Å². The lowest BCUT2D eigenvalue weighted by Crippen LogP contribution is -2.61. The first kappa shape index (κ1) is 20.1. The van der Waals surface area contributed by atoms with Crippen LogP contribution in [-0.4, -0.2) is 91.2 Å². The molecule has 1 aromatic heterocycles. The maximum absolute atomic E-state index is 12.8. The summed E-state index contributed by atoms with van der Waals surface area (Å²) < 4.78 is 10.2. The van der Waals surface area contributed by atoms with Crippen LogP contribution in [0.3, 0.4) is 0 Å². The quantitative estimate of drug-likeness (QED) is 0.490. The van der Waals surface area contributed by atoms with Crippen molar-refractivity contribution in [1.29, 1.82) is 0 Å². The summed E-state index contributed by atoms with van der Waals surface area (Å²) in [4.78, 5) is 34.2. The minimum Gasteiger partial charge on any atom is -0.479 e. The number of amides is 1. The molecule has 4 N–H and O–H groups in total. The highest BCUT2D eigenvalue weighted by Crippen LogP contribution is 2.47. The number of carboxylic acids is 1. The second-order valence-corrected chi connectivity index (χ2v) is 8.18. The number of hydrogen-bond acceptors (Lipinski definition) is 9. The first-order valence-electron chi connectivity index (χ1n) is 9.96. The largest absolute Gasteiger partial charge is 0.479 e. The van der Waals surface area contributed by atoms with Crippen LogP contribution in [0.2, 0.25) is 0 Å². The Morgan fingerprint density at radius 1 is 0.968 bits per heavy atom. The van der Waals surface area contributed by atoms with Crippen molar-refractivity contribution < 1.29 is 39.5 Å². The van der Waals surface area contributed by atoms with Crippen molar-refractivity contribution in [2.24, 2.45) is 0 Å². The number of aliphatic carboxylic acids is 1. The molecular weight excluding hydrogens is 410 g/mol. The number of aliphatic hydroxyl groups is 3. The number of likely N-dealkylation sites (tertiary alicyclic amines) is 1. The predicted molar refractivity (Wildman–Crippen MR) is 102 cm³/mol. The van der Waals surface area contributed by atoms with Gasteiger partial charge in [0.05, 0.1) is 11.0 Å². The number of rotatable bonds is 2. The number of ether oxygens (including phenoxy) is 2. The Morgan fingerprint density at radius 2 is 1.55 bits per heavy atom. The Kier molecular flexibility index (Phi) is 4.77. The molecule has 2 bridgehead atoms. The SMILES string of the molecule is O=C(O)[C@H]1O[C@@H](OC(=O)N2CC3CC(C2)c2cc4nccnc4cc23)[C@H](O)[C@@H](O)[C@@H]1O. The molecule has 31 heavy (non-hydrogen) atoms. The maximum atomic E-state index is 12.8. The summed E-state index contributed by atoms with van der Waals surface area (Å²) in [5, 5.41) is 38.9. The second kappa shape index (κ2) is 7.38. The van der Waals surface area contributed by atoms with E-state index in [9.17, 15) is 24.9 Å². The van der Waals surface area contributed by atoms with Crippen LogP contribution in [0.5, 0.6) is 0 Å². The number of nitrogens with zero attached hydrogens (tertiary/aromatic N) is 3. The van der Waals surface area contributed by atoms with Gasteiger partial charge in [-0.2, -0.15) is 0 Å². The zero-order valence-electron chi connectivity index (χ0n) is 16.2. The van der Waals surface area contributed by atoms with Gasteiger partial charge in [0.25, 0.3) is 0 Å². The minimum atomic E-state index is -1.85. The smallest absolute Gasteiger partial charge is 0.412 e. The monoisotopic (exact) mass is 431 g/mol. The first-order valence-corrected chi connectivity index (χ1v) is 9.96. The number of carboxylic acid groups (broad SMARTS) is 1.